The third-order valence-electron chi connectivity index (χ3n) is 4.96. The summed E-state index contributed by atoms with van der Waals surface area (Å²) in [5.74, 6) is 0.924. The summed E-state index contributed by atoms with van der Waals surface area (Å²) < 4.78 is 5.30. The molecule has 0 aromatic carbocycles. The molecule has 21 heavy (non-hydrogen) atoms. The monoisotopic (exact) mass is 306 g/mol. The van der Waals surface area contributed by atoms with Crippen molar-refractivity contribution in [2.45, 2.75) is 71.9 Å². The van der Waals surface area contributed by atoms with Gasteiger partial charge in [0.15, 0.2) is 10.4 Å². The maximum absolute atomic E-state index is 5.60. The molecule has 0 spiro atoms. The van der Waals surface area contributed by atoms with Crippen molar-refractivity contribution in [1.82, 2.24) is 19.3 Å². The van der Waals surface area contributed by atoms with Gasteiger partial charge in [0.2, 0.25) is 0 Å². The molecule has 0 unspecified atom stereocenters. The van der Waals surface area contributed by atoms with Gasteiger partial charge in [-0.05, 0) is 57.7 Å². The lowest BCUT2D eigenvalue weighted by atomic mass is 9.83. The molecule has 0 aliphatic heterocycles. The fraction of sp³-hybridized carbons (Fsp3) is 0.750. The standard InChI is InChI=1S/C16H26N4S/c1-4-6-12-7-9-13(10-8-12)20-15-14(17-16(20)21)11(3)18-19(15)5-2/h12-13H,4-10H2,1-3H3,(H,17,21). The van der Waals surface area contributed by atoms with Crippen molar-refractivity contribution >= 4 is 23.4 Å². The van der Waals surface area contributed by atoms with Gasteiger partial charge in [0, 0.05) is 12.6 Å². The Morgan fingerprint density at radius 2 is 1.95 bits per heavy atom. The Balaban J connectivity index is 1.94. The van der Waals surface area contributed by atoms with Crippen LogP contribution in [0, 0.1) is 17.6 Å². The summed E-state index contributed by atoms with van der Waals surface area (Å²) in [6, 6.07) is 0.542. The summed E-state index contributed by atoms with van der Waals surface area (Å²) in [5.41, 5.74) is 3.37. The number of nitrogens with zero attached hydrogens (tertiary/aromatic N) is 3. The van der Waals surface area contributed by atoms with Crippen LogP contribution in [-0.4, -0.2) is 19.3 Å². The van der Waals surface area contributed by atoms with Crippen molar-refractivity contribution in [2.75, 3.05) is 0 Å². The molecule has 3 rings (SSSR count). The van der Waals surface area contributed by atoms with Gasteiger partial charge in [0.05, 0.1) is 5.69 Å². The Morgan fingerprint density at radius 1 is 1.24 bits per heavy atom. The van der Waals surface area contributed by atoms with Crippen LogP contribution >= 0.6 is 12.2 Å². The van der Waals surface area contributed by atoms with Gasteiger partial charge in [-0.1, -0.05) is 19.8 Å². The van der Waals surface area contributed by atoms with E-state index in [0.717, 1.165) is 28.4 Å². The van der Waals surface area contributed by atoms with Crippen molar-refractivity contribution in [2.24, 2.45) is 5.92 Å². The SMILES string of the molecule is CCCC1CCC(n2c(=S)[nH]c3c(C)nn(CC)c32)CC1. The molecule has 2 aromatic heterocycles. The second-order valence-corrected chi connectivity index (χ2v) is 6.75. The van der Waals surface area contributed by atoms with Gasteiger partial charge in [-0.3, -0.25) is 4.57 Å². The van der Waals surface area contributed by atoms with Crippen molar-refractivity contribution in [1.29, 1.82) is 0 Å². The fourth-order valence-electron chi connectivity index (χ4n) is 3.88. The Kier molecular flexibility index (Phi) is 4.20. The number of imidazole rings is 1. The number of aromatic amines is 1. The topological polar surface area (TPSA) is 38.5 Å². The van der Waals surface area contributed by atoms with Gasteiger partial charge in [-0.25, -0.2) is 4.68 Å². The molecule has 1 fully saturated rings. The number of aryl methyl sites for hydroxylation is 2. The molecule has 5 heteroatoms. The van der Waals surface area contributed by atoms with Crippen LogP contribution in [0.5, 0.6) is 0 Å². The average molecular weight is 306 g/mol. The van der Waals surface area contributed by atoms with E-state index in [1.54, 1.807) is 0 Å². The third-order valence-corrected chi connectivity index (χ3v) is 5.26. The summed E-state index contributed by atoms with van der Waals surface area (Å²) in [6.45, 7) is 7.38. The Labute approximate surface area is 131 Å². The van der Waals surface area contributed by atoms with Gasteiger partial charge in [-0.2, -0.15) is 5.10 Å². The van der Waals surface area contributed by atoms with Gasteiger partial charge in [0.1, 0.15) is 5.52 Å². The van der Waals surface area contributed by atoms with Crippen molar-refractivity contribution in [3.05, 3.63) is 10.5 Å². The smallest absolute Gasteiger partial charge is 0.179 e. The molecular weight excluding hydrogens is 280 g/mol. The van der Waals surface area contributed by atoms with E-state index in [1.165, 1.54) is 44.2 Å². The third kappa shape index (κ3) is 2.56. The largest absolute Gasteiger partial charge is 0.328 e. The predicted molar refractivity (Wildman–Crippen MR) is 89.2 cm³/mol. The number of H-pyrrole nitrogens is 1. The summed E-state index contributed by atoms with van der Waals surface area (Å²) in [7, 11) is 0. The first-order valence-electron chi connectivity index (χ1n) is 8.33. The second-order valence-electron chi connectivity index (χ2n) is 6.36. The van der Waals surface area contributed by atoms with E-state index in [4.69, 9.17) is 12.2 Å². The Hall–Kier alpha value is -1.10. The maximum Gasteiger partial charge on any atom is 0.179 e. The zero-order valence-electron chi connectivity index (χ0n) is 13.4. The number of nitrogens with one attached hydrogen (secondary N) is 1. The Bertz CT molecular complexity index is 670. The highest BCUT2D eigenvalue weighted by molar-refractivity contribution is 7.71. The van der Waals surface area contributed by atoms with E-state index < -0.39 is 0 Å². The average Bonchev–Trinajstić information content (AvgIpc) is 2.97. The van der Waals surface area contributed by atoms with Crippen molar-refractivity contribution in [3.8, 4) is 0 Å². The fourth-order valence-corrected chi connectivity index (χ4v) is 4.22. The summed E-state index contributed by atoms with van der Waals surface area (Å²) in [5, 5.41) is 4.63. The first kappa shape index (κ1) is 14.8. The van der Waals surface area contributed by atoms with Gasteiger partial charge < -0.3 is 4.98 Å². The van der Waals surface area contributed by atoms with E-state index in [1.807, 2.05) is 0 Å². The van der Waals surface area contributed by atoms with Crippen LogP contribution in [-0.2, 0) is 6.54 Å². The minimum Gasteiger partial charge on any atom is -0.328 e. The molecule has 1 saturated carbocycles. The zero-order chi connectivity index (χ0) is 15.0. The van der Waals surface area contributed by atoms with Gasteiger partial charge >= 0.3 is 0 Å². The minimum atomic E-state index is 0.542. The van der Waals surface area contributed by atoms with E-state index in [-0.39, 0.29) is 0 Å². The highest BCUT2D eigenvalue weighted by Crippen LogP contribution is 2.36. The van der Waals surface area contributed by atoms with E-state index in [2.05, 4.69) is 40.1 Å². The molecule has 0 atom stereocenters. The van der Waals surface area contributed by atoms with Crippen LogP contribution in [0.15, 0.2) is 0 Å². The normalized spacial score (nSPS) is 23.0. The molecule has 2 aromatic rings. The van der Waals surface area contributed by atoms with Gasteiger partial charge in [-0.15, -0.1) is 0 Å². The molecule has 0 amide bonds. The lowest BCUT2D eigenvalue weighted by molar-refractivity contribution is 0.263. The molecule has 1 aliphatic carbocycles. The highest BCUT2D eigenvalue weighted by atomic mass is 32.1. The molecule has 0 saturated heterocycles. The quantitative estimate of drug-likeness (QED) is 0.827. The summed E-state index contributed by atoms with van der Waals surface area (Å²) in [4.78, 5) is 3.38. The molecule has 1 aliphatic rings. The van der Waals surface area contributed by atoms with Crippen LogP contribution in [0.4, 0.5) is 0 Å². The number of hydrogen-bond donors (Lipinski definition) is 1. The maximum atomic E-state index is 5.60. The lowest BCUT2D eigenvalue weighted by Crippen LogP contribution is -2.19. The number of hydrogen-bond acceptors (Lipinski definition) is 2. The molecule has 1 N–H and O–H groups in total. The molecule has 2 heterocycles. The number of aromatic nitrogens is 4. The molecular formula is C16H26N4S. The van der Waals surface area contributed by atoms with Crippen LogP contribution in [0.2, 0.25) is 0 Å². The minimum absolute atomic E-state index is 0.542. The summed E-state index contributed by atoms with van der Waals surface area (Å²) >= 11 is 5.60. The van der Waals surface area contributed by atoms with Crippen molar-refractivity contribution < 1.29 is 0 Å². The molecule has 0 bridgehead atoms. The van der Waals surface area contributed by atoms with E-state index >= 15 is 0 Å². The zero-order valence-corrected chi connectivity index (χ0v) is 14.2. The van der Waals surface area contributed by atoms with Crippen LogP contribution < -0.4 is 0 Å². The van der Waals surface area contributed by atoms with Crippen LogP contribution in [0.3, 0.4) is 0 Å². The highest BCUT2D eigenvalue weighted by Gasteiger charge is 2.25. The predicted octanol–water partition coefficient (Wildman–Crippen LogP) is 4.76. The molecule has 4 nitrogen and oxygen atoms in total. The first-order chi connectivity index (χ1) is 10.2. The van der Waals surface area contributed by atoms with Crippen LogP contribution in [0.1, 0.15) is 64.1 Å². The second kappa shape index (κ2) is 5.95. The molecule has 116 valence electrons. The van der Waals surface area contributed by atoms with E-state index in [0.29, 0.717) is 6.04 Å². The van der Waals surface area contributed by atoms with Crippen molar-refractivity contribution in [3.63, 3.8) is 0 Å². The van der Waals surface area contributed by atoms with Gasteiger partial charge in [0.25, 0.3) is 0 Å². The lowest BCUT2D eigenvalue weighted by Gasteiger charge is -2.29. The molecule has 0 radical (unpaired) electrons. The number of fused-ring (bicyclic) bond motifs is 1. The Morgan fingerprint density at radius 3 is 2.57 bits per heavy atom. The summed E-state index contributed by atoms with van der Waals surface area (Å²) in [6.07, 6.45) is 7.87. The number of rotatable bonds is 4. The van der Waals surface area contributed by atoms with Crippen LogP contribution in [0.25, 0.3) is 11.2 Å². The first-order valence-corrected chi connectivity index (χ1v) is 8.74. The van der Waals surface area contributed by atoms with E-state index in [9.17, 15) is 0 Å².